The van der Waals surface area contributed by atoms with Gasteiger partial charge >= 0.3 is 6.09 Å². The Labute approximate surface area is 150 Å². The van der Waals surface area contributed by atoms with Crippen LogP contribution < -0.4 is 9.47 Å². The molecule has 0 fully saturated rings. The number of benzene rings is 2. The van der Waals surface area contributed by atoms with E-state index in [9.17, 15) is 4.79 Å². The van der Waals surface area contributed by atoms with E-state index in [2.05, 4.69) is 0 Å². The van der Waals surface area contributed by atoms with Crippen molar-refractivity contribution in [3.8, 4) is 17.2 Å². The molecule has 24 heavy (non-hydrogen) atoms. The highest BCUT2D eigenvalue weighted by Crippen LogP contribution is 2.31. The summed E-state index contributed by atoms with van der Waals surface area (Å²) in [5.41, 5.74) is 0. The lowest BCUT2D eigenvalue weighted by molar-refractivity contribution is 0.138. The van der Waals surface area contributed by atoms with Crippen molar-refractivity contribution < 1.29 is 19.4 Å². The molecule has 0 bridgehead atoms. The fourth-order valence-corrected chi connectivity index (χ4v) is 2.39. The molecule has 0 aliphatic carbocycles. The average Bonchev–Trinajstić information content (AvgIpc) is 2.53. The first kappa shape index (κ1) is 18.2. The lowest BCUT2D eigenvalue weighted by atomic mass is 10.3. The van der Waals surface area contributed by atoms with Crippen LogP contribution in [0.15, 0.2) is 42.5 Å². The third-order valence-electron chi connectivity index (χ3n) is 3.21. The highest BCUT2D eigenvalue weighted by Gasteiger charge is 2.10. The summed E-state index contributed by atoms with van der Waals surface area (Å²) in [5.74, 6) is 1.62. The maximum absolute atomic E-state index is 10.9. The Balaban J connectivity index is 1.95. The Morgan fingerprint density at radius 1 is 1.17 bits per heavy atom. The number of carboxylic acid groups (broad SMARTS) is 1. The smallest absolute Gasteiger partial charge is 0.407 e. The molecule has 7 heteroatoms. The summed E-state index contributed by atoms with van der Waals surface area (Å²) in [4.78, 5) is 12.2. The van der Waals surface area contributed by atoms with Gasteiger partial charge in [-0.15, -0.1) is 0 Å². The van der Waals surface area contributed by atoms with E-state index in [0.29, 0.717) is 33.8 Å². The van der Waals surface area contributed by atoms with Gasteiger partial charge in [0, 0.05) is 17.6 Å². The van der Waals surface area contributed by atoms with E-state index < -0.39 is 6.09 Å². The van der Waals surface area contributed by atoms with E-state index in [1.807, 2.05) is 0 Å². The summed E-state index contributed by atoms with van der Waals surface area (Å²) in [5, 5.41) is 9.90. The molecular formula is C17H17Cl2NO4. The summed E-state index contributed by atoms with van der Waals surface area (Å²) < 4.78 is 11.2. The zero-order valence-corrected chi connectivity index (χ0v) is 14.5. The Kier molecular flexibility index (Phi) is 6.58. The van der Waals surface area contributed by atoms with Crippen molar-refractivity contribution in [2.45, 2.75) is 6.92 Å². The zero-order chi connectivity index (χ0) is 17.5. The van der Waals surface area contributed by atoms with Gasteiger partial charge in [0.1, 0.15) is 23.9 Å². The molecule has 128 valence electrons. The molecule has 2 rings (SSSR count). The minimum Gasteiger partial charge on any atom is -0.490 e. The second kappa shape index (κ2) is 8.66. The van der Waals surface area contributed by atoms with Gasteiger partial charge in [-0.2, -0.15) is 0 Å². The van der Waals surface area contributed by atoms with Crippen molar-refractivity contribution in [2.24, 2.45) is 0 Å². The quantitative estimate of drug-likeness (QED) is 0.731. The molecule has 1 N–H and O–H groups in total. The maximum atomic E-state index is 10.9. The van der Waals surface area contributed by atoms with E-state index in [1.54, 1.807) is 49.4 Å². The lowest BCUT2D eigenvalue weighted by Gasteiger charge is -2.17. The highest BCUT2D eigenvalue weighted by molar-refractivity contribution is 6.32. The fraction of sp³-hybridized carbons (Fsp3) is 0.235. The first-order valence-corrected chi connectivity index (χ1v) is 8.09. The number of likely N-dealkylation sites (N-methyl/N-ethyl adjacent to an activating group) is 1. The highest BCUT2D eigenvalue weighted by atomic mass is 35.5. The third-order valence-corrected chi connectivity index (χ3v) is 3.74. The van der Waals surface area contributed by atoms with Gasteiger partial charge in [0.2, 0.25) is 0 Å². The van der Waals surface area contributed by atoms with Crippen molar-refractivity contribution in [2.75, 3.05) is 19.7 Å². The van der Waals surface area contributed by atoms with E-state index >= 15 is 0 Å². The van der Waals surface area contributed by atoms with Crippen LogP contribution in [0.1, 0.15) is 6.92 Å². The van der Waals surface area contributed by atoms with Crippen LogP contribution in [0.2, 0.25) is 10.0 Å². The maximum Gasteiger partial charge on any atom is 0.407 e. The van der Waals surface area contributed by atoms with Crippen molar-refractivity contribution in [1.82, 2.24) is 4.90 Å². The first-order valence-electron chi connectivity index (χ1n) is 7.33. The molecule has 5 nitrogen and oxygen atoms in total. The summed E-state index contributed by atoms with van der Waals surface area (Å²) >= 11 is 12.1. The normalized spacial score (nSPS) is 10.3. The molecule has 0 saturated heterocycles. The number of halogens is 2. The van der Waals surface area contributed by atoms with Crippen LogP contribution in [-0.4, -0.2) is 35.8 Å². The predicted molar refractivity (Wildman–Crippen MR) is 93.7 cm³/mol. The monoisotopic (exact) mass is 369 g/mol. The number of ether oxygens (including phenoxy) is 2. The minimum atomic E-state index is -0.975. The topological polar surface area (TPSA) is 59.0 Å². The van der Waals surface area contributed by atoms with E-state index in [-0.39, 0.29) is 13.2 Å². The SMILES string of the molecule is CCN(CCOc1ccc(Oc2cccc(Cl)c2)cc1Cl)C(=O)O. The average molecular weight is 370 g/mol. The molecular weight excluding hydrogens is 353 g/mol. The molecule has 0 aliphatic rings. The molecule has 0 aliphatic heterocycles. The summed E-state index contributed by atoms with van der Waals surface area (Å²) in [6.07, 6.45) is -0.975. The molecule has 0 atom stereocenters. The summed E-state index contributed by atoms with van der Waals surface area (Å²) in [7, 11) is 0. The second-order valence-electron chi connectivity index (χ2n) is 4.86. The number of rotatable bonds is 7. The van der Waals surface area contributed by atoms with Crippen LogP contribution in [0.4, 0.5) is 4.79 Å². The Bertz CT molecular complexity index is 709. The van der Waals surface area contributed by atoms with Crippen molar-refractivity contribution >= 4 is 29.3 Å². The van der Waals surface area contributed by atoms with Gasteiger partial charge in [0.05, 0.1) is 11.6 Å². The van der Waals surface area contributed by atoms with Crippen LogP contribution in [0.3, 0.4) is 0 Å². The number of carbonyl (C=O) groups is 1. The molecule has 0 heterocycles. The summed E-state index contributed by atoms with van der Waals surface area (Å²) in [6.45, 7) is 2.65. The van der Waals surface area contributed by atoms with Gasteiger partial charge in [-0.25, -0.2) is 4.79 Å². The lowest BCUT2D eigenvalue weighted by Crippen LogP contribution is -2.33. The molecule has 0 saturated carbocycles. The standard InChI is InChI=1S/C17H17Cl2NO4/c1-2-20(17(21)22)8-9-23-16-7-6-14(11-15(16)19)24-13-5-3-4-12(18)10-13/h3-7,10-11H,2,8-9H2,1H3,(H,21,22). The van der Waals surface area contributed by atoms with E-state index in [0.717, 1.165) is 0 Å². The fourth-order valence-electron chi connectivity index (χ4n) is 1.98. The molecule has 0 spiro atoms. The minimum absolute atomic E-state index is 0.217. The van der Waals surface area contributed by atoms with E-state index in [1.165, 1.54) is 4.90 Å². The predicted octanol–water partition coefficient (Wildman–Crippen LogP) is 5.16. The molecule has 2 aromatic carbocycles. The number of hydrogen-bond donors (Lipinski definition) is 1. The molecule has 2 aromatic rings. The zero-order valence-electron chi connectivity index (χ0n) is 13.0. The van der Waals surface area contributed by atoms with E-state index in [4.69, 9.17) is 37.8 Å². The van der Waals surface area contributed by atoms with Gasteiger partial charge < -0.3 is 19.5 Å². The van der Waals surface area contributed by atoms with Gasteiger partial charge in [-0.1, -0.05) is 29.3 Å². The summed E-state index contributed by atoms with van der Waals surface area (Å²) in [6, 6.07) is 12.1. The molecule has 0 unspecified atom stereocenters. The molecule has 0 radical (unpaired) electrons. The van der Waals surface area contributed by atoms with Crippen molar-refractivity contribution in [3.63, 3.8) is 0 Å². The molecule has 0 aromatic heterocycles. The largest absolute Gasteiger partial charge is 0.490 e. The Morgan fingerprint density at radius 2 is 1.92 bits per heavy atom. The second-order valence-corrected chi connectivity index (χ2v) is 5.71. The van der Waals surface area contributed by atoms with Gasteiger partial charge in [0.25, 0.3) is 0 Å². The molecule has 1 amide bonds. The van der Waals surface area contributed by atoms with Crippen LogP contribution in [-0.2, 0) is 0 Å². The number of amides is 1. The van der Waals surface area contributed by atoms with Gasteiger partial charge in [-0.3, -0.25) is 0 Å². The van der Waals surface area contributed by atoms with Crippen LogP contribution in [0, 0.1) is 0 Å². The Hall–Kier alpha value is -2.11. The van der Waals surface area contributed by atoms with Crippen molar-refractivity contribution in [3.05, 3.63) is 52.5 Å². The van der Waals surface area contributed by atoms with Crippen LogP contribution >= 0.6 is 23.2 Å². The van der Waals surface area contributed by atoms with Crippen LogP contribution in [0.5, 0.6) is 17.2 Å². The number of nitrogens with zero attached hydrogens (tertiary/aromatic N) is 1. The Morgan fingerprint density at radius 3 is 2.54 bits per heavy atom. The first-order chi connectivity index (χ1) is 11.5. The van der Waals surface area contributed by atoms with Gasteiger partial charge in [-0.05, 0) is 37.3 Å². The van der Waals surface area contributed by atoms with Crippen LogP contribution in [0.25, 0.3) is 0 Å². The van der Waals surface area contributed by atoms with Crippen molar-refractivity contribution in [1.29, 1.82) is 0 Å². The number of hydrogen-bond acceptors (Lipinski definition) is 3. The third kappa shape index (κ3) is 5.22. The van der Waals surface area contributed by atoms with Gasteiger partial charge in [0.15, 0.2) is 0 Å².